The number of carbonyl (C=O) groups excluding carboxylic acids is 1. The van der Waals surface area contributed by atoms with E-state index in [0.29, 0.717) is 32.5 Å². The largest absolute Gasteiger partial charge is 0.505 e. The number of halogens is 2. The summed E-state index contributed by atoms with van der Waals surface area (Å²) in [6.07, 6.45) is 3.21. The minimum absolute atomic E-state index is 0.0312. The molecule has 0 saturated heterocycles. The molecule has 4 aromatic rings. The van der Waals surface area contributed by atoms with Gasteiger partial charge in [0.25, 0.3) is 0 Å². The number of anilines is 1. The van der Waals surface area contributed by atoms with Crippen molar-refractivity contribution in [3.05, 3.63) is 94.2 Å². The zero-order chi connectivity index (χ0) is 21.3. The number of hydrogen-bond acceptors (Lipinski definition) is 4. The van der Waals surface area contributed by atoms with Gasteiger partial charge in [0.05, 0.1) is 16.1 Å². The molecule has 0 bridgehead atoms. The van der Waals surface area contributed by atoms with Crippen LogP contribution < -0.4 is 4.90 Å². The minimum atomic E-state index is -0.769. The highest BCUT2D eigenvalue weighted by molar-refractivity contribution is 6.42. The van der Waals surface area contributed by atoms with Crippen LogP contribution in [0, 0.1) is 0 Å². The van der Waals surface area contributed by atoms with Crippen LogP contribution in [0.1, 0.15) is 24.1 Å². The van der Waals surface area contributed by atoms with E-state index in [4.69, 9.17) is 23.2 Å². The Kier molecular flexibility index (Phi) is 5.57. The van der Waals surface area contributed by atoms with Crippen LogP contribution in [0.2, 0.25) is 10.0 Å². The van der Waals surface area contributed by atoms with Crippen LogP contribution >= 0.6 is 23.2 Å². The molecule has 1 N–H and O–H groups in total. The number of hydrogen-bond donors (Lipinski definition) is 1. The first-order valence-electron chi connectivity index (χ1n) is 9.20. The Morgan fingerprint density at radius 3 is 2.47 bits per heavy atom. The smallest absolute Gasteiger partial charge is 0.225 e. The number of pyridine rings is 2. The molecule has 2 aromatic heterocycles. The van der Waals surface area contributed by atoms with Gasteiger partial charge in [0.1, 0.15) is 17.1 Å². The highest BCUT2D eigenvalue weighted by Crippen LogP contribution is 2.43. The zero-order valence-corrected chi connectivity index (χ0v) is 17.5. The maximum absolute atomic E-state index is 12.8. The van der Waals surface area contributed by atoms with E-state index in [9.17, 15) is 9.90 Å². The van der Waals surface area contributed by atoms with Crippen molar-refractivity contribution in [1.29, 1.82) is 0 Å². The van der Waals surface area contributed by atoms with Gasteiger partial charge >= 0.3 is 0 Å². The van der Waals surface area contributed by atoms with Gasteiger partial charge in [-0.05, 0) is 29.8 Å². The van der Waals surface area contributed by atoms with E-state index < -0.39 is 6.04 Å². The van der Waals surface area contributed by atoms with Crippen LogP contribution in [0.3, 0.4) is 0 Å². The predicted octanol–water partition coefficient (Wildman–Crippen LogP) is 5.78. The van der Waals surface area contributed by atoms with E-state index in [1.165, 1.54) is 11.8 Å². The van der Waals surface area contributed by atoms with Crippen molar-refractivity contribution in [3.8, 4) is 5.75 Å². The molecule has 5 nitrogen and oxygen atoms in total. The Hall–Kier alpha value is -3.15. The van der Waals surface area contributed by atoms with E-state index in [-0.39, 0.29) is 11.7 Å². The van der Waals surface area contributed by atoms with Crippen LogP contribution in [-0.4, -0.2) is 21.0 Å². The standard InChI is InChI=1S/C23H17Cl2N3O2/c1-14(29)28(19-9-2-3-12-26-19)22(16-7-4-8-18(24)20(16)25)17-11-10-15-6-5-13-27-21(15)23(17)30/h2-13,22,30H,1H3. The van der Waals surface area contributed by atoms with Gasteiger partial charge in [0.15, 0.2) is 0 Å². The highest BCUT2D eigenvalue weighted by atomic mass is 35.5. The summed E-state index contributed by atoms with van der Waals surface area (Å²) in [4.78, 5) is 23.0. The van der Waals surface area contributed by atoms with E-state index in [2.05, 4.69) is 9.97 Å². The van der Waals surface area contributed by atoms with Crippen LogP contribution in [0.5, 0.6) is 5.75 Å². The number of amides is 1. The molecule has 2 heterocycles. The molecule has 0 fully saturated rings. The maximum atomic E-state index is 12.8. The predicted molar refractivity (Wildman–Crippen MR) is 119 cm³/mol. The Morgan fingerprint density at radius 1 is 0.933 bits per heavy atom. The van der Waals surface area contributed by atoms with Crippen molar-refractivity contribution in [3.63, 3.8) is 0 Å². The number of nitrogens with zero attached hydrogens (tertiary/aromatic N) is 3. The van der Waals surface area contributed by atoms with E-state index in [0.717, 1.165) is 5.39 Å². The first-order valence-corrected chi connectivity index (χ1v) is 9.96. The number of carbonyl (C=O) groups is 1. The minimum Gasteiger partial charge on any atom is -0.505 e. The molecule has 1 amide bonds. The van der Waals surface area contributed by atoms with E-state index >= 15 is 0 Å². The second kappa shape index (κ2) is 8.30. The van der Waals surface area contributed by atoms with Gasteiger partial charge in [-0.1, -0.05) is 59.6 Å². The monoisotopic (exact) mass is 437 g/mol. The highest BCUT2D eigenvalue weighted by Gasteiger charge is 2.32. The average molecular weight is 438 g/mol. The number of phenols is 1. The second-order valence-corrected chi connectivity index (χ2v) is 7.49. The summed E-state index contributed by atoms with van der Waals surface area (Å²) in [7, 11) is 0. The summed E-state index contributed by atoms with van der Waals surface area (Å²) >= 11 is 12.8. The Morgan fingerprint density at radius 2 is 1.73 bits per heavy atom. The SMILES string of the molecule is CC(=O)N(c1ccccn1)C(c1cccc(Cl)c1Cl)c1ccc2cccnc2c1O. The summed E-state index contributed by atoms with van der Waals surface area (Å²) in [5.41, 5.74) is 1.46. The quantitative estimate of drug-likeness (QED) is 0.438. The molecule has 30 heavy (non-hydrogen) atoms. The number of rotatable bonds is 4. The van der Waals surface area contributed by atoms with Crippen LogP contribution in [-0.2, 0) is 4.79 Å². The fraction of sp³-hybridized carbons (Fsp3) is 0.0870. The number of aromatic hydroxyl groups is 1. The first-order chi connectivity index (χ1) is 14.5. The third kappa shape index (κ3) is 3.58. The molecule has 1 unspecified atom stereocenters. The molecule has 0 aliphatic carbocycles. The van der Waals surface area contributed by atoms with Gasteiger partial charge in [0, 0.05) is 30.3 Å². The zero-order valence-electron chi connectivity index (χ0n) is 16.0. The summed E-state index contributed by atoms with van der Waals surface area (Å²) in [6.45, 7) is 1.44. The van der Waals surface area contributed by atoms with Crippen molar-refractivity contribution in [2.75, 3.05) is 4.90 Å². The summed E-state index contributed by atoms with van der Waals surface area (Å²) in [5.74, 6) is 0.123. The third-order valence-corrected chi connectivity index (χ3v) is 5.68. The molecule has 2 aromatic carbocycles. The molecule has 0 saturated carbocycles. The molecule has 0 aliphatic heterocycles. The van der Waals surface area contributed by atoms with E-state index in [1.54, 1.807) is 60.9 Å². The molecule has 4 rings (SSSR count). The molecular weight excluding hydrogens is 421 g/mol. The van der Waals surface area contributed by atoms with Crippen molar-refractivity contribution >= 4 is 45.8 Å². The van der Waals surface area contributed by atoms with Crippen molar-refractivity contribution < 1.29 is 9.90 Å². The number of benzene rings is 2. The Bertz CT molecular complexity index is 1230. The summed E-state index contributed by atoms with van der Waals surface area (Å²) < 4.78 is 0. The average Bonchev–Trinajstić information content (AvgIpc) is 2.75. The first kappa shape index (κ1) is 20.1. The van der Waals surface area contributed by atoms with Gasteiger partial charge in [0.2, 0.25) is 5.91 Å². The lowest BCUT2D eigenvalue weighted by Gasteiger charge is -2.32. The lowest BCUT2D eigenvalue weighted by atomic mass is 9.94. The van der Waals surface area contributed by atoms with Gasteiger partial charge in [-0.15, -0.1) is 0 Å². The molecule has 150 valence electrons. The van der Waals surface area contributed by atoms with Gasteiger partial charge in [-0.2, -0.15) is 0 Å². The maximum Gasteiger partial charge on any atom is 0.225 e. The molecule has 7 heteroatoms. The molecule has 0 radical (unpaired) electrons. The number of fused-ring (bicyclic) bond motifs is 1. The van der Waals surface area contributed by atoms with Crippen LogP contribution in [0.25, 0.3) is 10.9 Å². The molecular formula is C23H17Cl2N3O2. The fourth-order valence-corrected chi connectivity index (χ4v) is 3.93. The normalized spacial score (nSPS) is 12.0. The Labute approximate surface area is 183 Å². The van der Waals surface area contributed by atoms with Crippen molar-refractivity contribution in [2.45, 2.75) is 13.0 Å². The van der Waals surface area contributed by atoms with Gasteiger partial charge in [-0.3, -0.25) is 14.7 Å². The van der Waals surface area contributed by atoms with Crippen molar-refractivity contribution in [2.24, 2.45) is 0 Å². The van der Waals surface area contributed by atoms with Crippen molar-refractivity contribution in [1.82, 2.24) is 9.97 Å². The van der Waals surface area contributed by atoms with Gasteiger partial charge < -0.3 is 5.11 Å². The lowest BCUT2D eigenvalue weighted by molar-refractivity contribution is -0.117. The second-order valence-electron chi connectivity index (χ2n) is 6.70. The number of phenolic OH excluding ortho intramolecular Hbond substituents is 1. The molecule has 0 spiro atoms. The molecule has 0 aliphatic rings. The topological polar surface area (TPSA) is 66.3 Å². The Balaban J connectivity index is 2.03. The molecule has 1 atom stereocenters. The van der Waals surface area contributed by atoms with E-state index in [1.807, 2.05) is 12.1 Å². The lowest BCUT2D eigenvalue weighted by Crippen LogP contribution is -2.34. The van der Waals surface area contributed by atoms with Crippen LogP contribution in [0.15, 0.2) is 73.1 Å². The third-order valence-electron chi connectivity index (χ3n) is 4.84. The summed E-state index contributed by atoms with van der Waals surface area (Å²) in [5, 5.41) is 12.5. The van der Waals surface area contributed by atoms with Gasteiger partial charge in [-0.25, -0.2) is 4.98 Å². The fourth-order valence-electron chi connectivity index (χ4n) is 3.51. The number of aromatic nitrogens is 2. The van der Waals surface area contributed by atoms with Crippen LogP contribution in [0.4, 0.5) is 5.82 Å². The summed E-state index contributed by atoms with van der Waals surface area (Å²) in [6, 6.07) is 17.0.